The minimum absolute atomic E-state index is 0.161. The lowest BCUT2D eigenvalue weighted by molar-refractivity contribution is -0.181. The number of carbonyl (C=O) groups excluding carboxylic acids is 3. The normalized spacial score (nSPS) is 27.8. The fourth-order valence-corrected chi connectivity index (χ4v) is 5.24. The van der Waals surface area contributed by atoms with Gasteiger partial charge in [0.25, 0.3) is 11.8 Å². The van der Waals surface area contributed by atoms with Crippen LogP contribution in [0, 0.1) is 0 Å². The van der Waals surface area contributed by atoms with E-state index in [1.165, 1.54) is 9.58 Å². The van der Waals surface area contributed by atoms with E-state index in [1.54, 1.807) is 24.9 Å². The van der Waals surface area contributed by atoms with E-state index >= 15 is 0 Å². The smallest absolute Gasteiger partial charge is 0.274 e. The number of aromatic nitrogens is 2. The van der Waals surface area contributed by atoms with Crippen LogP contribution in [0.25, 0.3) is 0 Å². The second-order valence-corrected chi connectivity index (χ2v) is 9.57. The van der Waals surface area contributed by atoms with E-state index in [1.807, 2.05) is 0 Å². The van der Waals surface area contributed by atoms with Crippen LogP contribution >= 0.6 is 0 Å². The SMILES string of the molecule is CN1C(=O)c2cc(C(=O)N3CCC4(CC3)OCCO4)nn2C[C@@]1(C)C(=O)NC1CCCC1. The molecule has 0 bridgehead atoms. The van der Waals surface area contributed by atoms with Gasteiger partial charge >= 0.3 is 0 Å². The number of nitrogens with one attached hydrogen (secondary N) is 1. The molecule has 4 heterocycles. The van der Waals surface area contributed by atoms with Crippen LogP contribution in [0.1, 0.15) is 66.4 Å². The maximum atomic E-state index is 13.1. The summed E-state index contributed by atoms with van der Waals surface area (Å²) in [5.74, 6) is -1.26. The molecule has 1 aliphatic carbocycles. The zero-order valence-corrected chi connectivity index (χ0v) is 18.8. The number of ether oxygens (including phenoxy) is 2. The van der Waals surface area contributed by atoms with Crippen molar-refractivity contribution in [2.24, 2.45) is 0 Å². The molecule has 3 aliphatic heterocycles. The highest BCUT2D eigenvalue weighted by Gasteiger charge is 2.47. The molecule has 0 unspecified atom stereocenters. The highest BCUT2D eigenvalue weighted by molar-refractivity contribution is 6.01. The summed E-state index contributed by atoms with van der Waals surface area (Å²) in [4.78, 5) is 42.5. The van der Waals surface area contributed by atoms with Gasteiger partial charge < -0.3 is 24.6 Å². The molecule has 10 heteroatoms. The van der Waals surface area contributed by atoms with Crippen LogP contribution in [0.5, 0.6) is 0 Å². The summed E-state index contributed by atoms with van der Waals surface area (Å²) in [6, 6.07) is 1.71. The van der Waals surface area contributed by atoms with Gasteiger partial charge in [0.15, 0.2) is 11.5 Å². The summed E-state index contributed by atoms with van der Waals surface area (Å²) in [6.07, 6.45) is 5.40. The van der Waals surface area contributed by atoms with Crippen LogP contribution in [-0.4, -0.2) is 88.0 Å². The summed E-state index contributed by atoms with van der Waals surface area (Å²) in [5, 5.41) is 7.55. The van der Waals surface area contributed by atoms with Gasteiger partial charge in [0, 0.05) is 45.1 Å². The van der Waals surface area contributed by atoms with Crippen molar-refractivity contribution in [1.82, 2.24) is 24.9 Å². The van der Waals surface area contributed by atoms with Gasteiger partial charge in [-0.1, -0.05) is 12.8 Å². The maximum Gasteiger partial charge on any atom is 0.274 e. The van der Waals surface area contributed by atoms with Crippen molar-refractivity contribution < 1.29 is 23.9 Å². The summed E-state index contributed by atoms with van der Waals surface area (Å²) in [7, 11) is 1.64. The first-order chi connectivity index (χ1) is 15.3. The molecule has 32 heavy (non-hydrogen) atoms. The van der Waals surface area contributed by atoms with Crippen molar-refractivity contribution in [2.75, 3.05) is 33.4 Å². The molecule has 1 saturated carbocycles. The Morgan fingerprint density at radius 3 is 2.47 bits per heavy atom. The minimum Gasteiger partial charge on any atom is -0.351 e. The molecule has 5 rings (SSSR count). The standard InChI is InChI=1S/C22H31N5O5/c1-21(20(30)23-15-5-3-4-6-15)14-27-17(19(29)25(21)2)13-16(24-27)18(28)26-9-7-22(8-10-26)31-11-12-32-22/h13,15H,3-12,14H2,1-2H3,(H,23,30)/t21-/m0/s1. The Labute approximate surface area is 187 Å². The Hall–Kier alpha value is -2.46. The zero-order valence-electron chi connectivity index (χ0n) is 18.8. The highest BCUT2D eigenvalue weighted by Crippen LogP contribution is 2.32. The lowest BCUT2D eigenvalue weighted by atomic mass is 9.95. The largest absolute Gasteiger partial charge is 0.351 e. The van der Waals surface area contributed by atoms with E-state index in [9.17, 15) is 14.4 Å². The topological polar surface area (TPSA) is 106 Å². The monoisotopic (exact) mass is 445 g/mol. The van der Waals surface area contributed by atoms with E-state index in [-0.39, 0.29) is 36.0 Å². The van der Waals surface area contributed by atoms with Gasteiger partial charge in [-0.2, -0.15) is 5.10 Å². The van der Waals surface area contributed by atoms with Crippen LogP contribution in [-0.2, 0) is 20.8 Å². The summed E-state index contributed by atoms with van der Waals surface area (Å²) < 4.78 is 13.0. The van der Waals surface area contributed by atoms with Crippen LogP contribution in [0.2, 0.25) is 0 Å². The van der Waals surface area contributed by atoms with Gasteiger partial charge in [-0.15, -0.1) is 0 Å². The second kappa shape index (κ2) is 7.84. The second-order valence-electron chi connectivity index (χ2n) is 9.57. The van der Waals surface area contributed by atoms with Crippen molar-refractivity contribution in [2.45, 2.75) is 69.4 Å². The molecule has 1 N–H and O–H groups in total. The predicted molar refractivity (Wildman–Crippen MR) is 113 cm³/mol. The van der Waals surface area contributed by atoms with E-state index in [2.05, 4.69) is 10.4 Å². The molecular weight excluding hydrogens is 414 g/mol. The van der Waals surface area contributed by atoms with E-state index in [0.717, 1.165) is 25.7 Å². The number of fused-ring (bicyclic) bond motifs is 1. The Kier molecular flexibility index (Phi) is 5.24. The van der Waals surface area contributed by atoms with Crippen molar-refractivity contribution >= 4 is 17.7 Å². The molecule has 3 amide bonds. The highest BCUT2D eigenvalue weighted by atomic mass is 16.7. The fraction of sp³-hybridized carbons (Fsp3) is 0.727. The van der Waals surface area contributed by atoms with Gasteiger partial charge in [-0.25, -0.2) is 0 Å². The minimum atomic E-state index is -1.06. The number of likely N-dealkylation sites (tertiary alicyclic amines) is 1. The first kappa shape index (κ1) is 21.4. The van der Waals surface area contributed by atoms with Gasteiger partial charge in [0.2, 0.25) is 5.91 Å². The number of nitrogens with zero attached hydrogens (tertiary/aromatic N) is 4. The number of hydrogen-bond donors (Lipinski definition) is 1. The third-order valence-electron chi connectivity index (χ3n) is 7.53. The van der Waals surface area contributed by atoms with E-state index in [4.69, 9.17) is 9.47 Å². The molecule has 0 aromatic carbocycles. The first-order valence-corrected chi connectivity index (χ1v) is 11.6. The van der Waals surface area contributed by atoms with E-state index < -0.39 is 11.3 Å². The summed E-state index contributed by atoms with van der Waals surface area (Å²) in [6.45, 7) is 4.16. The van der Waals surface area contributed by atoms with Crippen LogP contribution in [0.15, 0.2) is 6.07 Å². The predicted octanol–water partition coefficient (Wildman–Crippen LogP) is 0.765. The van der Waals surface area contributed by atoms with Crippen molar-refractivity contribution in [3.8, 4) is 0 Å². The van der Waals surface area contributed by atoms with Gasteiger partial charge in [-0.3, -0.25) is 19.1 Å². The van der Waals surface area contributed by atoms with Crippen LogP contribution < -0.4 is 5.32 Å². The Morgan fingerprint density at radius 2 is 1.81 bits per heavy atom. The Balaban J connectivity index is 1.31. The number of carbonyl (C=O) groups is 3. The van der Waals surface area contributed by atoms with Gasteiger partial charge in [0.1, 0.15) is 11.2 Å². The lowest BCUT2D eigenvalue weighted by Crippen LogP contribution is -2.63. The molecule has 174 valence electrons. The maximum absolute atomic E-state index is 13.1. The Morgan fingerprint density at radius 1 is 1.16 bits per heavy atom. The van der Waals surface area contributed by atoms with Gasteiger partial charge in [-0.05, 0) is 19.8 Å². The molecule has 1 atom stereocenters. The molecule has 1 aromatic rings. The fourth-order valence-electron chi connectivity index (χ4n) is 5.24. The quantitative estimate of drug-likeness (QED) is 0.737. The van der Waals surface area contributed by atoms with Gasteiger partial charge in [0.05, 0.1) is 19.8 Å². The number of piperidine rings is 1. The average Bonchev–Trinajstić information content (AvgIpc) is 3.54. The lowest BCUT2D eigenvalue weighted by Gasteiger charge is -2.41. The number of hydrogen-bond acceptors (Lipinski definition) is 6. The van der Waals surface area contributed by atoms with E-state index in [0.29, 0.717) is 44.8 Å². The zero-order chi connectivity index (χ0) is 22.5. The molecule has 0 radical (unpaired) electrons. The molecule has 4 aliphatic rings. The van der Waals surface area contributed by atoms with Crippen molar-refractivity contribution in [3.63, 3.8) is 0 Å². The number of likely N-dealkylation sites (N-methyl/N-ethyl adjacent to an activating group) is 1. The number of amides is 3. The third-order valence-corrected chi connectivity index (χ3v) is 7.53. The third kappa shape index (κ3) is 3.49. The molecule has 10 nitrogen and oxygen atoms in total. The van der Waals surface area contributed by atoms with Crippen LogP contribution in [0.4, 0.5) is 0 Å². The molecule has 1 spiro atoms. The molecule has 1 aromatic heterocycles. The van der Waals surface area contributed by atoms with Crippen LogP contribution in [0.3, 0.4) is 0 Å². The molecule has 2 saturated heterocycles. The van der Waals surface area contributed by atoms with Crippen molar-refractivity contribution in [3.05, 3.63) is 17.5 Å². The summed E-state index contributed by atoms with van der Waals surface area (Å²) in [5.41, 5.74) is -0.502. The average molecular weight is 446 g/mol. The molecular formula is C22H31N5O5. The number of rotatable bonds is 3. The first-order valence-electron chi connectivity index (χ1n) is 11.6. The molecule has 3 fully saturated rings. The van der Waals surface area contributed by atoms with Crippen molar-refractivity contribution in [1.29, 1.82) is 0 Å². The summed E-state index contributed by atoms with van der Waals surface area (Å²) >= 11 is 0. The Bertz CT molecular complexity index is 923.